The molecule has 2 aromatic carbocycles. The van der Waals surface area contributed by atoms with Gasteiger partial charge in [0.25, 0.3) is 0 Å². The molecule has 8 heteroatoms. The first-order valence-corrected chi connectivity index (χ1v) is 10.9. The van der Waals surface area contributed by atoms with Crippen molar-refractivity contribution in [2.75, 3.05) is 31.2 Å². The van der Waals surface area contributed by atoms with E-state index in [1.165, 1.54) is 17.8 Å². The Morgan fingerprint density at radius 1 is 1.26 bits per heavy atom. The summed E-state index contributed by atoms with van der Waals surface area (Å²) in [5, 5.41) is 10.6. The molecule has 160 valence electrons. The first-order valence-electron chi connectivity index (χ1n) is 9.95. The van der Waals surface area contributed by atoms with Crippen LogP contribution in [0.25, 0.3) is 0 Å². The third-order valence-corrected chi connectivity index (χ3v) is 6.53. The van der Waals surface area contributed by atoms with E-state index in [9.17, 15) is 14.4 Å². The normalized spacial score (nSPS) is 18.5. The average Bonchev–Trinajstić information content (AvgIpc) is 2.79. The summed E-state index contributed by atoms with van der Waals surface area (Å²) in [6.45, 7) is 2.62. The summed E-state index contributed by atoms with van der Waals surface area (Å²) < 4.78 is 25.3. The number of thioether (sulfide) groups is 1. The Kier molecular flexibility index (Phi) is 6.05. The molecule has 0 saturated carbocycles. The standard InChI is InChI=1S/C23H22FN3O3S/c1-3-30-20-9-8-15(10-21(20)29-2)16-11-22(28)27-13-26(14-31-23(27)17(16)12-25)19-7-5-4-6-18(19)24/h4-10,16H,3,11,13-14H2,1-2H3/t16-/m1/s1. The molecule has 1 saturated heterocycles. The summed E-state index contributed by atoms with van der Waals surface area (Å²) in [4.78, 5) is 16.4. The van der Waals surface area contributed by atoms with Crippen molar-refractivity contribution in [1.29, 1.82) is 5.26 Å². The number of carbonyl (C=O) groups excluding carboxylic acids is 1. The summed E-state index contributed by atoms with van der Waals surface area (Å²) in [5.41, 5.74) is 1.82. The number of allylic oxidation sites excluding steroid dienone is 1. The number of benzene rings is 2. The molecule has 1 amide bonds. The molecular weight excluding hydrogens is 417 g/mol. The van der Waals surface area contributed by atoms with Crippen LogP contribution in [0.1, 0.15) is 24.8 Å². The quantitative estimate of drug-likeness (QED) is 0.686. The smallest absolute Gasteiger partial charge is 0.229 e. The fourth-order valence-electron chi connectivity index (χ4n) is 3.88. The van der Waals surface area contributed by atoms with Gasteiger partial charge < -0.3 is 14.4 Å². The van der Waals surface area contributed by atoms with Gasteiger partial charge in [0.1, 0.15) is 5.82 Å². The SMILES string of the molecule is CCOc1ccc([C@H]2CC(=O)N3CN(c4ccccc4F)CSC3=C2C#N)cc1OC. The molecule has 0 spiro atoms. The van der Waals surface area contributed by atoms with E-state index in [0.717, 1.165) is 5.56 Å². The minimum atomic E-state index is -0.360. The molecule has 0 radical (unpaired) electrons. The van der Waals surface area contributed by atoms with Crippen LogP contribution >= 0.6 is 11.8 Å². The van der Waals surface area contributed by atoms with Crippen LogP contribution in [0.5, 0.6) is 11.5 Å². The van der Waals surface area contributed by atoms with Gasteiger partial charge in [-0.3, -0.25) is 9.69 Å². The van der Waals surface area contributed by atoms with Gasteiger partial charge in [-0.1, -0.05) is 30.0 Å². The van der Waals surface area contributed by atoms with Gasteiger partial charge in [0.15, 0.2) is 11.5 Å². The van der Waals surface area contributed by atoms with Gasteiger partial charge in [0, 0.05) is 12.3 Å². The lowest BCUT2D eigenvalue weighted by Gasteiger charge is -2.42. The van der Waals surface area contributed by atoms with Gasteiger partial charge in [-0.15, -0.1) is 0 Å². The predicted octanol–water partition coefficient (Wildman–Crippen LogP) is 4.45. The number of ether oxygens (including phenoxy) is 2. The van der Waals surface area contributed by atoms with Crippen LogP contribution in [-0.2, 0) is 4.79 Å². The van der Waals surface area contributed by atoms with E-state index in [2.05, 4.69) is 6.07 Å². The third-order valence-electron chi connectivity index (χ3n) is 5.38. The summed E-state index contributed by atoms with van der Waals surface area (Å²) in [5.74, 6) is 0.848. The first kappa shape index (κ1) is 21.1. The maximum Gasteiger partial charge on any atom is 0.229 e. The molecule has 4 rings (SSSR count). The van der Waals surface area contributed by atoms with E-state index in [1.54, 1.807) is 35.1 Å². The molecule has 31 heavy (non-hydrogen) atoms. The molecule has 0 unspecified atom stereocenters. The van der Waals surface area contributed by atoms with Crippen molar-refractivity contribution in [3.05, 3.63) is 64.4 Å². The highest BCUT2D eigenvalue weighted by Gasteiger charge is 2.39. The van der Waals surface area contributed by atoms with Crippen LogP contribution < -0.4 is 14.4 Å². The van der Waals surface area contributed by atoms with Crippen LogP contribution in [0.15, 0.2) is 53.1 Å². The molecule has 0 aromatic heterocycles. The van der Waals surface area contributed by atoms with Crippen molar-refractivity contribution in [3.63, 3.8) is 0 Å². The van der Waals surface area contributed by atoms with Crippen LogP contribution in [0.4, 0.5) is 10.1 Å². The zero-order valence-corrected chi connectivity index (χ0v) is 18.1. The average molecular weight is 440 g/mol. The van der Waals surface area contributed by atoms with Crippen molar-refractivity contribution in [2.24, 2.45) is 0 Å². The van der Waals surface area contributed by atoms with Gasteiger partial charge >= 0.3 is 0 Å². The second-order valence-corrected chi connectivity index (χ2v) is 8.09. The number of nitriles is 1. The van der Waals surface area contributed by atoms with Crippen LogP contribution in [-0.4, -0.2) is 37.1 Å². The molecule has 0 N–H and O–H groups in total. The van der Waals surface area contributed by atoms with Crippen LogP contribution in [0.2, 0.25) is 0 Å². The van der Waals surface area contributed by atoms with E-state index < -0.39 is 0 Å². The molecule has 1 fully saturated rings. The number of amides is 1. The zero-order valence-electron chi connectivity index (χ0n) is 17.3. The second kappa shape index (κ2) is 8.90. The summed E-state index contributed by atoms with van der Waals surface area (Å²) in [6.07, 6.45) is 0.162. The number of hydrogen-bond donors (Lipinski definition) is 0. The molecule has 0 aliphatic carbocycles. The minimum Gasteiger partial charge on any atom is -0.493 e. The van der Waals surface area contributed by atoms with Gasteiger partial charge in [0.05, 0.1) is 48.6 Å². The van der Waals surface area contributed by atoms with E-state index in [1.807, 2.05) is 25.1 Å². The highest BCUT2D eigenvalue weighted by Crippen LogP contribution is 2.44. The summed E-state index contributed by atoms with van der Waals surface area (Å²) >= 11 is 1.38. The van der Waals surface area contributed by atoms with Crippen molar-refractivity contribution in [2.45, 2.75) is 19.3 Å². The van der Waals surface area contributed by atoms with Gasteiger partial charge in [-0.25, -0.2) is 4.39 Å². The molecule has 2 heterocycles. The highest BCUT2D eigenvalue weighted by atomic mass is 32.2. The predicted molar refractivity (Wildman–Crippen MR) is 117 cm³/mol. The molecule has 2 aliphatic rings. The summed E-state index contributed by atoms with van der Waals surface area (Å²) in [6, 6.07) is 14.3. The van der Waals surface area contributed by atoms with E-state index in [0.29, 0.717) is 40.3 Å². The van der Waals surface area contributed by atoms with Crippen molar-refractivity contribution in [3.8, 4) is 17.6 Å². The Hall–Kier alpha value is -3.18. The van der Waals surface area contributed by atoms with Crippen LogP contribution in [0.3, 0.4) is 0 Å². The monoisotopic (exact) mass is 439 g/mol. The lowest BCUT2D eigenvalue weighted by molar-refractivity contribution is -0.129. The Morgan fingerprint density at radius 2 is 2.06 bits per heavy atom. The Bertz CT molecular complexity index is 1080. The van der Waals surface area contributed by atoms with Gasteiger partial charge in [-0.2, -0.15) is 5.26 Å². The number of nitrogens with zero attached hydrogens (tertiary/aromatic N) is 3. The molecule has 2 aromatic rings. The molecule has 2 aliphatic heterocycles. The van der Waals surface area contributed by atoms with Crippen molar-refractivity contribution < 1.29 is 18.7 Å². The molecule has 0 bridgehead atoms. The highest BCUT2D eigenvalue weighted by molar-refractivity contribution is 8.03. The van der Waals surface area contributed by atoms with E-state index in [4.69, 9.17) is 9.47 Å². The molecule has 1 atom stereocenters. The third kappa shape index (κ3) is 3.93. The summed E-state index contributed by atoms with van der Waals surface area (Å²) in [7, 11) is 1.56. The van der Waals surface area contributed by atoms with E-state index in [-0.39, 0.29) is 30.7 Å². The Labute approximate surface area is 184 Å². The largest absolute Gasteiger partial charge is 0.493 e. The number of fused-ring (bicyclic) bond motifs is 1. The Morgan fingerprint density at radius 3 is 2.77 bits per heavy atom. The van der Waals surface area contributed by atoms with Crippen molar-refractivity contribution in [1.82, 2.24) is 4.90 Å². The Balaban J connectivity index is 1.67. The number of rotatable bonds is 5. The van der Waals surface area contributed by atoms with Gasteiger partial charge in [-0.05, 0) is 36.8 Å². The fraction of sp³-hybridized carbons (Fsp3) is 0.304. The number of carbonyl (C=O) groups is 1. The minimum absolute atomic E-state index is 0.0969. The van der Waals surface area contributed by atoms with Gasteiger partial charge in [0.2, 0.25) is 5.91 Å². The van der Waals surface area contributed by atoms with E-state index >= 15 is 0 Å². The maximum atomic E-state index is 14.2. The lowest BCUT2D eigenvalue weighted by Crippen LogP contribution is -2.47. The number of anilines is 1. The second-order valence-electron chi connectivity index (χ2n) is 7.16. The topological polar surface area (TPSA) is 65.8 Å². The number of halogens is 1. The number of para-hydroxylation sites is 1. The van der Waals surface area contributed by atoms with Crippen LogP contribution in [0, 0.1) is 17.1 Å². The molecule has 6 nitrogen and oxygen atoms in total. The fourth-order valence-corrected chi connectivity index (χ4v) is 5.04. The maximum absolute atomic E-state index is 14.2. The number of hydrogen-bond acceptors (Lipinski definition) is 6. The lowest BCUT2D eigenvalue weighted by atomic mass is 9.86. The first-order chi connectivity index (χ1) is 15.1. The van der Waals surface area contributed by atoms with Crippen molar-refractivity contribution >= 4 is 23.4 Å². The molecular formula is C23H22FN3O3S. The number of methoxy groups -OCH3 is 1. The zero-order chi connectivity index (χ0) is 22.0.